The Morgan fingerprint density at radius 3 is 2.61 bits per heavy atom. The Morgan fingerprint density at radius 2 is 1.87 bits per heavy atom. The van der Waals surface area contributed by atoms with Crippen LogP contribution in [0.15, 0.2) is 42.6 Å². The Labute approximate surface area is 137 Å². The number of rotatable bonds is 4. The Morgan fingerprint density at radius 1 is 1.09 bits per heavy atom. The highest BCUT2D eigenvalue weighted by Crippen LogP contribution is 2.21. The molecule has 2 aromatic heterocycles. The third-order valence-corrected chi connectivity index (χ3v) is 4.02. The van der Waals surface area contributed by atoms with Crippen molar-refractivity contribution >= 4 is 10.9 Å². The van der Waals surface area contributed by atoms with Crippen LogP contribution in [0.5, 0.6) is 0 Å². The van der Waals surface area contributed by atoms with Gasteiger partial charge in [-0.2, -0.15) is 5.10 Å². The number of para-hydroxylation sites is 1. The summed E-state index contributed by atoms with van der Waals surface area (Å²) in [4.78, 5) is 6.72. The summed E-state index contributed by atoms with van der Waals surface area (Å²) >= 11 is 0. The van der Waals surface area contributed by atoms with Gasteiger partial charge in [0, 0.05) is 35.8 Å². The summed E-state index contributed by atoms with van der Waals surface area (Å²) in [6, 6.07) is 12.6. The zero-order valence-corrected chi connectivity index (χ0v) is 14.3. The lowest BCUT2D eigenvalue weighted by molar-refractivity contribution is 0.316. The fourth-order valence-electron chi connectivity index (χ4n) is 2.76. The standard InChI is InChI=1S/C19H24N4/c1-19(2,3)18-11-15(21-22-18)13-23(4)12-14-9-10-20-17-8-6-5-7-16(14)17/h5-11H,12-13H2,1-4H3,(H,21,22). The van der Waals surface area contributed by atoms with Crippen molar-refractivity contribution in [3.05, 3.63) is 59.5 Å². The van der Waals surface area contributed by atoms with Gasteiger partial charge in [0.25, 0.3) is 0 Å². The molecule has 0 atom stereocenters. The molecule has 4 nitrogen and oxygen atoms in total. The first-order valence-electron chi connectivity index (χ1n) is 7.99. The van der Waals surface area contributed by atoms with E-state index in [4.69, 9.17) is 0 Å². The molecule has 3 aromatic rings. The monoisotopic (exact) mass is 308 g/mol. The second-order valence-electron chi connectivity index (χ2n) is 7.19. The van der Waals surface area contributed by atoms with Gasteiger partial charge in [0.2, 0.25) is 0 Å². The summed E-state index contributed by atoms with van der Waals surface area (Å²) < 4.78 is 0. The van der Waals surface area contributed by atoms with Crippen molar-refractivity contribution in [3.8, 4) is 0 Å². The number of fused-ring (bicyclic) bond motifs is 1. The summed E-state index contributed by atoms with van der Waals surface area (Å²) in [5, 5.41) is 8.82. The van der Waals surface area contributed by atoms with E-state index in [1.165, 1.54) is 10.9 Å². The molecule has 0 aliphatic rings. The molecule has 0 unspecified atom stereocenters. The van der Waals surface area contributed by atoms with Crippen molar-refractivity contribution in [3.63, 3.8) is 0 Å². The highest BCUT2D eigenvalue weighted by atomic mass is 15.2. The molecule has 0 bridgehead atoms. The Hall–Kier alpha value is -2.20. The van der Waals surface area contributed by atoms with E-state index < -0.39 is 0 Å². The minimum absolute atomic E-state index is 0.0780. The van der Waals surface area contributed by atoms with Gasteiger partial charge in [0.1, 0.15) is 0 Å². The lowest BCUT2D eigenvalue weighted by Gasteiger charge is -2.17. The number of aromatic nitrogens is 3. The largest absolute Gasteiger partial charge is 0.296 e. The van der Waals surface area contributed by atoms with Crippen LogP contribution in [0.25, 0.3) is 10.9 Å². The maximum atomic E-state index is 4.44. The summed E-state index contributed by atoms with van der Waals surface area (Å²) in [6.07, 6.45) is 1.89. The maximum Gasteiger partial charge on any atom is 0.0705 e. The van der Waals surface area contributed by atoms with Crippen molar-refractivity contribution in [2.24, 2.45) is 0 Å². The number of nitrogens with zero attached hydrogens (tertiary/aromatic N) is 3. The minimum Gasteiger partial charge on any atom is -0.296 e. The fourth-order valence-corrected chi connectivity index (χ4v) is 2.76. The zero-order chi connectivity index (χ0) is 16.4. The maximum absolute atomic E-state index is 4.44. The van der Waals surface area contributed by atoms with E-state index in [9.17, 15) is 0 Å². The fraction of sp³-hybridized carbons (Fsp3) is 0.368. The second-order valence-corrected chi connectivity index (χ2v) is 7.19. The van der Waals surface area contributed by atoms with Crippen LogP contribution in [0.4, 0.5) is 0 Å². The van der Waals surface area contributed by atoms with Gasteiger partial charge in [-0.15, -0.1) is 0 Å². The van der Waals surface area contributed by atoms with Gasteiger partial charge >= 0.3 is 0 Å². The molecule has 0 radical (unpaired) electrons. The lowest BCUT2D eigenvalue weighted by atomic mass is 9.92. The smallest absolute Gasteiger partial charge is 0.0705 e. The number of aromatic amines is 1. The molecule has 0 saturated carbocycles. The quantitative estimate of drug-likeness (QED) is 0.795. The van der Waals surface area contributed by atoms with Crippen LogP contribution in [0.1, 0.15) is 37.7 Å². The van der Waals surface area contributed by atoms with Crippen molar-refractivity contribution < 1.29 is 0 Å². The predicted molar refractivity (Wildman–Crippen MR) is 94.2 cm³/mol. The van der Waals surface area contributed by atoms with E-state index in [1.807, 2.05) is 12.3 Å². The van der Waals surface area contributed by atoms with Gasteiger partial charge in [0.15, 0.2) is 0 Å². The first-order valence-corrected chi connectivity index (χ1v) is 7.99. The van der Waals surface area contributed by atoms with Gasteiger partial charge in [-0.25, -0.2) is 0 Å². The van der Waals surface area contributed by atoms with Crippen molar-refractivity contribution in [1.82, 2.24) is 20.1 Å². The molecule has 1 aromatic carbocycles. The molecule has 0 fully saturated rings. The van der Waals surface area contributed by atoms with E-state index in [2.05, 4.69) is 78.2 Å². The summed E-state index contributed by atoms with van der Waals surface area (Å²) in [5.41, 5.74) is 4.68. The van der Waals surface area contributed by atoms with Crippen LogP contribution in [-0.2, 0) is 18.5 Å². The topological polar surface area (TPSA) is 44.8 Å². The SMILES string of the molecule is CN(Cc1cc(C(C)(C)C)n[nH]1)Cc1ccnc2ccccc12. The van der Waals surface area contributed by atoms with E-state index in [0.717, 1.165) is 30.0 Å². The summed E-state index contributed by atoms with van der Waals surface area (Å²) in [6.45, 7) is 8.27. The van der Waals surface area contributed by atoms with Crippen LogP contribution in [-0.4, -0.2) is 27.1 Å². The average Bonchev–Trinajstić information content (AvgIpc) is 2.96. The molecule has 0 aliphatic carbocycles. The molecule has 3 rings (SSSR count). The molecule has 1 N–H and O–H groups in total. The van der Waals surface area contributed by atoms with Crippen LogP contribution in [0.3, 0.4) is 0 Å². The molecular formula is C19H24N4. The molecule has 0 saturated heterocycles. The zero-order valence-electron chi connectivity index (χ0n) is 14.3. The number of H-pyrrole nitrogens is 1. The van der Waals surface area contributed by atoms with Crippen molar-refractivity contribution in [1.29, 1.82) is 0 Å². The van der Waals surface area contributed by atoms with Gasteiger partial charge in [-0.3, -0.25) is 15.0 Å². The first kappa shape index (κ1) is 15.7. The number of hydrogen-bond acceptors (Lipinski definition) is 3. The van der Waals surface area contributed by atoms with Crippen molar-refractivity contribution in [2.45, 2.75) is 39.3 Å². The highest BCUT2D eigenvalue weighted by Gasteiger charge is 2.17. The van der Waals surface area contributed by atoms with Crippen LogP contribution in [0.2, 0.25) is 0 Å². The molecule has 0 aliphatic heterocycles. The Bertz CT molecular complexity index is 793. The number of benzene rings is 1. The molecule has 2 heterocycles. The van der Waals surface area contributed by atoms with Crippen molar-refractivity contribution in [2.75, 3.05) is 7.05 Å². The van der Waals surface area contributed by atoms with Gasteiger partial charge < -0.3 is 0 Å². The molecule has 23 heavy (non-hydrogen) atoms. The van der Waals surface area contributed by atoms with E-state index in [-0.39, 0.29) is 5.41 Å². The van der Waals surface area contributed by atoms with E-state index >= 15 is 0 Å². The van der Waals surface area contributed by atoms with Gasteiger partial charge in [-0.05, 0) is 30.8 Å². The average molecular weight is 308 g/mol. The second kappa shape index (κ2) is 6.13. The summed E-state index contributed by atoms with van der Waals surface area (Å²) in [5.74, 6) is 0. The van der Waals surface area contributed by atoms with E-state index in [0.29, 0.717) is 0 Å². The normalized spacial score (nSPS) is 12.2. The lowest BCUT2D eigenvalue weighted by Crippen LogP contribution is -2.17. The van der Waals surface area contributed by atoms with Crippen LogP contribution in [0, 0.1) is 0 Å². The number of hydrogen-bond donors (Lipinski definition) is 1. The Kier molecular flexibility index (Phi) is 4.18. The predicted octanol–water partition coefficient (Wildman–Crippen LogP) is 3.89. The molecular weight excluding hydrogens is 284 g/mol. The Balaban J connectivity index is 1.74. The van der Waals surface area contributed by atoms with Gasteiger partial charge in [-0.1, -0.05) is 39.0 Å². The van der Waals surface area contributed by atoms with E-state index in [1.54, 1.807) is 0 Å². The van der Waals surface area contributed by atoms with Crippen LogP contribution < -0.4 is 0 Å². The number of pyridine rings is 1. The highest BCUT2D eigenvalue weighted by molar-refractivity contribution is 5.81. The third-order valence-electron chi connectivity index (χ3n) is 4.02. The first-order chi connectivity index (χ1) is 10.9. The summed E-state index contributed by atoms with van der Waals surface area (Å²) in [7, 11) is 2.13. The third kappa shape index (κ3) is 3.59. The number of nitrogens with one attached hydrogen (secondary N) is 1. The molecule has 120 valence electrons. The van der Waals surface area contributed by atoms with Crippen LogP contribution >= 0.6 is 0 Å². The molecule has 0 spiro atoms. The molecule has 0 amide bonds. The molecule has 4 heteroatoms. The minimum atomic E-state index is 0.0780. The van der Waals surface area contributed by atoms with Gasteiger partial charge in [0.05, 0.1) is 11.2 Å².